The number of carbonyl (C=O) groups excluding carboxylic acids is 1. The molecule has 1 saturated heterocycles. The van der Waals surface area contributed by atoms with E-state index in [1.807, 2.05) is 6.08 Å². The van der Waals surface area contributed by atoms with Crippen LogP contribution in [0, 0.1) is 0 Å². The minimum absolute atomic E-state index is 0.0623. The van der Waals surface area contributed by atoms with Crippen molar-refractivity contribution in [1.29, 1.82) is 0 Å². The fraction of sp³-hybridized carbons (Fsp3) is 0.727. The third kappa shape index (κ3) is 4.18. The molecule has 1 rings (SSSR count). The Hall–Kier alpha value is -0.605. The van der Waals surface area contributed by atoms with Crippen LogP contribution in [0.4, 0.5) is 0 Å². The zero-order valence-electron chi connectivity index (χ0n) is 9.01. The fourth-order valence-corrected chi connectivity index (χ4v) is 1.83. The molecule has 0 bridgehead atoms. The van der Waals surface area contributed by atoms with Crippen LogP contribution < -0.4 is 0 Å². The van der Waals surface area contributed by atoms with E-state index in [4.69, 9.17) is 7.98 Å². The van der Waals surface area contributed by atoms with Gasteiger partial charge in [0, 0.05) is 12.5 Å². The molecule has 3 nitrogen and oxygen atoms in total. The summed E-state index contributed by atoms with van der Waals surface area (Å²) < 4.78 is 0. The van der Waals surface area contributed by atoms with Crippen LogP contribution in [0.1, 0.15) is 32.1 Å². The normalized spacial score (nSPS) is 27.5. The van der Waals surface area contributed by atoms with Crippen LogP contribution in [0.3, 0.4) is 0 Å². The zero-order valence-corrected chi connectivity index (χ0v) is 9.01. The van der Waals surface area contributed by atoms with Crippen molar-refractivity contribution in [2.45, 2.75) is 44.2 Å². The van der Waals surface area contributed by atoms with Gasteiger partial charge in [-0.2, -0.15) is 0 Å². The minimum atomic E-state index is -0.297. The summed E-state index contributed by atoms with van der Waals surface area (Å²) in [6.07, 6.45) is 8.75. The molecule has 0 aromatic carbocycles. The van der Waals surface area contributed by atoms with E-state index in [0.29, 0.717) is 6.42 Å². The van der Waals surface area contributed by atoms with Gasteiger partial charge >= 0.3 is 0 Å². The highest BCUT2D eigenvalue weighted by Gasteiger charge is 2.27. The molecule has 82 valence electrons. The minimum Gasteiger partial charge on any atom is -0.391 e. The predicted molar refractivity (Wildman–Crippen MR) is 60.5 cm³/mol. The molecule has 0 aromatic rings. The van der Waals surface area contributed by atoms with Crippen molar-refractivity contribution in [2.75, 3.05) is 6.54 Å². The highest BCUT2D eigenvalue weighted by atomic mass is 16.3. The second-order valence-electron chi connectivity index (χ2n) is 3.97. The largest absolute Gasteiger partial charge is 0.391 e. The van der Waals surface area contributed by atoms with E-state index < -0.39 is 0 Å². The first-order valence-corrected chi connectivity index (χ1v) is 5.53. The molecule has 1 fully saturated rings. The van der Waals surface area contributed by atoms with Crippen molar-refractivity contribution in [3.8, 4) is 0 Å². The number of allylic oxidation sites excluding steroid dienone is 1. The van der Waals surface area contributed by atoms with E-state index in [0.717, 1.165) is 38.5 Å². The number of carbonyl (C=O) groups is 1. The number of aliphatic hydroxyl groups is 1. The van der Waals surface area contributed by atoms with Gasteiger partial charge in [-0.05, 0) is 32.2 Å². The second kappa shape index (κ2) is 6.80. The Morgan fingerprint density at radius 2 is 2.20 bits per heavy atom. The Kier molecular flexibility index (Phi) is 5.65. The summed E-state index contributed by atoms with van der Waals surface area (Å²) in [5.74, 6) is 0. The number of hydrogen-bond donors (Lipinski definition) is 1. The number of aldehydes is 1. The first-order chi connectivity index (χ1) is 7.25. The summed E-state index contributed by atoms with van der Waals surface area (Å²) in [6.45, 7) is 0.769. The van der Waals surface area contributed by atoms with Crippen molar-refractivity contribution < 1.29 is 9.90 Å². The topological polar surface area (TPSA) is 40.5 Å². The lowest BCUT2D eigenvalue weighted by Crippen LogP contribution is -2.32. The van der Waals surface area contributed by atoms with E-state index in [2.05, 4.69) is 6.08 Å². The second-order valence-corrected chi connectivity index (χ2v) is 3.97. The number of hydrogen-bond acceptors (Lipinski definition) is 3. The maximum Gasteiger partial charge on any atom is 0.183 e. The van der Waals surface area contributed by atoms with Crippen molar-refractivity contribution in [2.24, 2.45) is 0 Å². The van der Waals surface area contributed by atoms with E-state index in [1.165, 1.54) is 0 Å². The third-order valence-corrected chi connectivity index (χ3v) is 2.79. The van der Waals surface area contributed by atoms with Gasteiger partial charge in [0.2, 0.25) is 0 Å². The van der Waals surface area contributed by atoms with Crippen LogP contribution in [0.25, 0.3) is 0 Å². The standard InChI is InChI=1S/C11H18BNO2/c12-13-8-7-11(15)10(13)6-4-2-1-3-5-9-14/h2,4,9-11,15H,1,3,5-8H2/b4-2-. The van der Waals surface area contributed by atoms with Gasteiger partial charge in [0.1, 0.15) is 6.29 Å². The SMILES string of the molecule is [B]N1CCC(O)C1C/C=C\CCCC=O. The molecule has 1 aliphatic rings. The molecule has 0 aromatic heterocycles. The van der Waals surface area contributed by atoms with Crippen molar-refractivity contribution in [3.63, 3.8) is 0 Å². The van der Waals surface area contributed by atoms with Gasteiger partial charge in [-0.3, -0.25) is 0 Å². The van der Waals surface area contributed by atoms with Crippen LogP contribution in [0.5, 0.6) is 0 Å². The van der Waals surface area contributed by atoms with E-state index in [9.17, 15) is 9.90 Å². The molecule has 0 saturated carbocycles. The molecule has 0 spiro atoms. The Balaban J connectivity index is 2.15. The molecule has 1 heterocycles. The van der Waals surface area contributed by atoms with E-state index in [-0.39, 0.29) is 12.1 Å². The average Bonchev–Trinajstić information content (AvgIpc) is 2.54. The smallest absolute Gasteiger partial charge is 0.183 e. The Morgan fingerprint density at radius 3 is 2.80 bits per heavy atom. The first-order valence-electron chi connectivity index (χ1n) is 5.53. The van der Waals surface area contributed by atoms with Gasteiger partial charge in [0.25, 0.3) is 0 Å². The number of rotatable bonds is 6. The first kappa shape index (κ1) is 12.5. The van der Waals surface area contributed by atoms with Crippen LogP contribution >= 0.6 is 0 Å². The van der Waals surface area contributed by atoms with Crippen LogP contribution in [-0.4, -0.2) is 42.9 Å². The van der Waals surface area contributed by atoms with Gasteiger partial charge in [0.15, 0.2) is 7.98 Å². The molecule has 15 heavy (non-hydrogen) atoms. The predicted octanol–water partition coefficient (Wildman–Crippen LogP) is 0.821. The molecule has 4 heteroatoms. The van der Waals surface area contributed by atoms with Gasteiger partial charge in [-0.1, -0.05) is 12.2 Å². The summed E-state index contributed by atoms with van der Waals surface area (Å²) >= 11 is 0. The number of nitrogens with zero attached hydrogens (tertiary/aromatic N) is 1. The van der Waals surface area contributed by atoms with E-state index >= 15 is 0 Å². The maximum absolute atomic E-state index is 10.1. The molecule has 2 radical (unpaired) electrons. The van der Waals surface area contributed by atoms with Gasteiger partial charge in [-0.15, -0.1) is 0 Å². The average molecular weight is 207 g/mol. The lowest BCUT2D eigenvalue weighted by molar-refractivity contribution is -0.107. The van der Waals surface area contributed by atoms with Gasteiger partial charge < -0.3 is 14.7 Å². The molecule has 1 N–H and O–H groups in total. The molecular weight excluding hydrogens is 189 g/mol. The van der Waals surface area contributed by atoms with Gasteiger partial charge in [-0.25, -0.2) is 0 Å². The quantitative estimate of drug-likeness (QED) is 0.303. The fourth-order valence-electron chi connectivity index (χ4n) is 1.83. The summed E-state index contributed by atoms with van der Waals surface area (Å²) in [4.78, 5) is 11.8. The third-order valence-electron chi connectivity index (χ3n) is 2.79. The van der Waals surface area contributed by atoms with Crippen LogP contribution in [0.15, 0.2) is 12.2 Å². The summed E-state index contributed by atoms with van der Waals surface area (Å²) in [5.41, 5.74) is 0. The molecular formula is C11H18BNO2. The van der Waals surface area contributed by atoms with Crippen LogP contribution in [0.2, 0.25) is 0 Å². The van der Waals surface area contributed by atoms with Crippen molar-refractivity contribution in [3.05, 3.63) is 12.2 Å². The molecule has 0 amide bonds. The number of aliphatic hydroxyl groups excluding tert-OH is 1. The van der Waals surface area contributed by atoms with Crippen LogP contribution in [-0.2, 0) is 4.79 Å². The lowest BCUT2D eigenvalue weighted by Gasteiger charge is -2.20. The number of unbranched alkanes of at least 4 members (excludes halogenated alkanes) is 2. The highest BCUT2D eigenvalue weighted by molar-refractivity contribution is 6.04. The monoisotopic (exact) mass is 207 g/mol. The highest BCUT2D eigenvalue weighted by Crippen LogP contribution is 2.18. The Morgan fingerprint density at radius 1 is 1.40 bits per heavy atom. The molecule has 2 unspecified atom stereocenters. The Bertz CT molecular complexity index is 211. The van der Waals surface area contributed by atoms with Gasteiger partial charge in [0.05, 0.1) is 6.10 Å². The maximum atomic E-state index is 10.1. The lowest BCUT2D eigenvalue weighted by atomic mass is 10.1. The zero-order chi connectivity index (χ0) is 11.1. The van der Waals surface area contributed by atoms with Crippen molar-refractivity contribution >= 4 is 14.3 Å². The summed E-state index contributed by atoms with van der Waals surface area (Å²) in [5, 5.41) is 9.60. The molecule has 1 aliphatic heterocycles. The summed E-state index contributed by atoms with van der Waals surface area (Å²) in [6, 6.07) is 0.0623. The van der Waals surface area contributed by atoms with Crippen molar-refractivity contribution in [1.82, 2.24) is 4.81 Å². The van der Waals surface area contributed by atoms with E-state index in [1.54, 1.807) is 4.81 Å². The Labute approximate surface area is 92.6 Å². The summed E-state index contributed by atoms with van der Waals surface area (Å²) in [7, 11) is 5.72. The molecule has 2 atom stereocenters. The molecule has 0 aliphatic carbocycles.